The van der Waals surface area contributed by atoms with Crippen molar-refractivity contribution >= 4 is 15.9 Å². The lowest BCUT2D eigenvalue weighted by Crippen LogP contribution is -2.37. The highest BCUT2D eigenvalue weighted by Crippen LogP contribution is 2.27. The van der Waals surface area contributed by atoms with Crippen molar-refractivity contribution in [1.29, 1.82) is 0 Å². The number of hydrogen-bond acceptors (Lipinski definition) is 5. The van der Waals surface area contributed by atoms with Gasteiger partial charge < -0.3 is 4.90 Å². The predicted molar refractivity (Wildman–Crippen MR) is 96.6 cm³/mol. The maximum Gasteiger partial charge on any atom is 0.433 e. The van der Waals surface area contributed by atoms with E-state index in [9.17, 15) is 26.4 Å². The lowest BCUT2D eigenvalue weighted by molar-refractivity contribution is -0.141. The molecular formula is C17H20F3N5O3S. The maximum absolute atomic E-state index is 13.0. The Hall–Kier alpha value is -2.47. The number of nitrogens with one attached hydrogen (secondary N) is 1. The smallest absolute Gasteiger partial charge is 0.337 e. The molecule has 1 aliphatic rings. The standard InChI is InChI=1S/C17H20F3N5O3S/c1-11-15(12(2)23-22-11)29(27,28)25-7-3-6-24(8-9-25)16(26)13-4-5-14(21-10-13)17(18,19)20/h4-5,10H,3,6-9H2,1-2H3,(H,22,23). The summed E-state index contributed by atoms with van der Waals surface area (Å²) in [7, 11) is -3.77. The fourth-order valence-electron chi connectivity index (χ4n) is 3.26. The van der Waals surface area contributed by atoms with Gasteiger partial charge in [0.1, 0.15) is 10.6 Å². The first kappa shape index (κ1) is 21.2. The summed E-state index contributed by atoms with van der Waals surface area (Å²) in [6, 6.07) is 1.84. The topological polar surface area (TPSA) is 99.3 Å². The fraction of sp³-hybridized carbons (Fsp3) is 0.471. The molecule has 0 atom stereocenters. The molecule has 2 aromatic rings. The number of H-pyrrole nitrogens is 1. The van der Waals surface area contributed by atoms with Gasteiger partial charge in [-0.3, -0.25) is 14.9 Å². The molecule has 8 nitrogen and oxygen atoms in total. The Kier molecular flexibility index (Phi) is 5.68. The van der Waals surface area contributed by atoms with E-state index in [1.807, 2.05) is 0 Å². The van der Waals surface area contributed by atoms with E-state index in [0.717, 1.165) is 18.3 Å². The van der Waals surface area contributed by atoms with E-state index >= 15 is 0 Å². The molecule has 1 fully saturated rings. The number of aromatic nitrogens is 3. The van der Waals surface area contributed by atoms with Crippen LogP contribution in [0.25, 0.3) is 0 Å². The molecule has 1 amide bonds. The van der Waals surface area contributed by atoms with Gasteiger partial charge >= 0.3 is 6.18 Å². The van der Waals surface area contributed by atoms with Crippen molar-refractivity contribution in [3.63, 3.8) is 0 Å². The van der Waals surface area contributed by atoms with Gasteiger partial charge in [0.15, 0.2) is 0 Å². The van der Waals surface area contributed by atoms with Crippen LogP contribution >= 0.6 is 0 Å². The monoisotopic (exact) mass is 431 g/mol. The highest BCUT2D eigenvalue weighted by atomic mass is 32.2. The number of carbonyl (C=O) groups is 1. The summed E-state index contributed by atoms with van der Waals surface area (Å²) in [6.45, 7) is 3.93. The summed E-state index contributed by atoms with van der Waals surface area (Å²) >= 11 is 0. The van der Waals surface area contributed by atoms with E-state index in [4.69, 9.17) is 0 Å². The maximum atomic E-state index is 13.0. The van der Waals surface area contributed by atoms with E-state index in [1.54, 1.807) is 13.8 Å². The zero-order chi connectivity index (χ0) is 21.4. The average molecular weight is 431 g/mol. The normalized spacial score (nSPS) is 16.7. The first-order valence-electron chi connectivity index (χ1n) is 8.86. The number of alkyl halides is 3. The fourth-order valence-corrected chi connectivity index (χ4v) is 5.06. The van der Waals surface area contributed by atoms with Gasteiger partial charge in [-0.1, -0.05) is 0 Å². The Balaban J connectivity index is 1.74. The first-order valence-corrected chi connectivity index (χ1v) is 10.3. The summed E-state index contributed by atoms with van der Waals surface area (Å²) in [6.07, 6.45) is -3.29. The third-order valence-electron chi connectivity index (χ3n) is 4.70. The molecule has 0 spiro atoms. The first-order chi connectivity index (χ1) is 13.5. The van der Waals surface area contributed by atoms with Crippen LogP contribution in [-0.4, -0.2) is 64.9 Å². The Morgan fingerprint density at radius 3 is 2.41 bits per heavy atom. The number of rotatable bonds is 3. The number of aromatic amines is 1. The number of halogens is 3. The molecule has 1 saturated heterocycles. The third kappa shape index (κ3) is 4.27. The van der Waals surface area contributed by atoms with Crippen LogP contribution in [0.4, 0.5) is 13.2 Å². The second-order valence-corrected chi connectivity index (χ2v) is 8.62. The zero-order valence-electron chi connectivity index (χ0n) is 15.8. The molecule has 3 heterocycles. The van der Waals surface area contributed by atoms with Crippen LogP contribution in [0.3, 0.4) is 0 Å². The molecular weight excluding hydrogens is 411 g/mol. The Labute approximate surface area is 165 Å². The van der Waals surface area contributed by atoms with E-state index < -0.39 is 27.8 Å². The lowest BCUT2D eigenvalue weighted by atomic mass is 10.2. The van der Waals surface area contributed by atoms with Crippen LogP contribution in [0.2, 0.25) is 0 Å². The summed E-state index contributed by atoms with van der Waals surface area (Å²) in [5.74, 6) is -0.485. The average Bonchev–Trinajstić information content (AvgIpc) is 2.85. The number of pyridine rings is 1. The summed E-state index contributed by atoms with van der Waals surface area (Å²) in [5, 5.41) is 6.58. The summed E-state index contributed by atoms with van der Waals surface area (Å²) in [5.41, 5.74) is -0.241. The van der Waals surface area contributed by atoms with Crippen molar-refractivity contribution < 1.29 is 26.4 Å². The van der Waals surface area contributed by atoms with Gasteiger partial charge in [0.2, 0.25) is 10.0 Å². The largest absolute Gasteiger partial charge is 0.433 e. The van der Waals surface area contributed by atoms with Crippen molar-refractivity contribution in [2.24, 2.45) is 0 Å². The number of amides is 1. The SMILES string of the molecule is Cc1n[nH]c(C)c1S(=O)(=O)N1CCCN(C(=O)c2ccc(C(F)(F)F)nc2)CC1. The molecule has 2 aromatic heterocycles. The quantitative estimate of drug-likeness (QED) is 0.801. The molecule has 1 N–H and O–H groups in total. The molecule has 12 heteroatoms. The minimum atomic E-state index is -4.58. The van der Waals surface area contributed by atoms with Crippen LogP contribution in [0.5, 0.6) is 0 Å². The number of carbonyl (C=O) groups excluding carboxylic acids is 1. The molecule has 158 valence electrons. The van der Waals surface area contributed by atoms with Crippen molar-refractivity contribution in [2.75, 3.05) is 26.2 Å². The van der Waals surface area contributed by atoms with Crippen molar-refractivity contribution in [2.45, 2.75) is 31.3 Å². The van der Waals surface area contributed by atoms with Crippen molar-refractivity contribution in [3.05, 3.63) is 41.0 Å². The van der Waals surface area contributed by atoms with Gasteiger partial charge in [0.25, 0.3) is 5.91 Å². The predicted octanol–water partition coefficient (Wildman–Crippen LogP) is 1.98. The van der Waals surface area contributed by atoms with E-state index in [2.05, 4.69) is 15.2 Å². The number of hydrogen-bond donors (Lipinski definition) is 1. The van der Waals surface area contributed by atoms with Gasteiger partial charge in [-0.15, -0.1) is 0 Å². The van der Waals surface area contributed by atoms with E-state index in [0.29, 0.717) is 17.8 Å². The molecule has 0 radical (unpaired) electrons. The van der Waals surface area contributed by atoms with Crippen LogP contribution < -0.4 is 0 Å². The van der Waals surface area contributed by atoms with Gasteiger partial charge in [-0.2, -0.15) is 22.6 Å². The molecule has 0 bridgehead atoms. The molecule has 0 unspecified atom stereocenters. The van der Waals surface area contributed by atoms with Crippen molar-refractivity contribution in [1.82, 2.24) is 24.4 Å². The molecule has 0 aromatic carbocycles. The Morgan fingerprint density at radius 1 is 1.14 bits per heavy atom. The zero-order valence-corrected chi connectivity index (χ0v) is 16.6. The van der Waals surface area contributed by atoms with E-state index in [-0.39, 0.29) is 36.6 Å². The highest BCUT2D eigenvalue weighted by Gasteiger charge is 2.34. The molecule has 29 heavy (non-hydrogen) atoms. The second kappa shape index (κ2) is 7.75. The molecule has 0 saturated carbocycles. The van der Waals surface area contributed by atoms with Crippen LogP contribution in [0.15, 0.2) is 23.2 Å². The second-order valence-electron chi connectivity index (χ2n) is 6.74. The van der Waals surface area contributed by atoms with Gasteiger partial charge in [0.05, 0.1) is 17.0 Å². The summed E-state index contributed by atoms with van der Waals surface area (Å²) < 4.78 is 65.1. The molecule has 0 aliphatic carbocycles. The lowest BCUT2D eigenvalue weighted by Gasteiger charge is -2.22. The van der Waals surface area contributed by atoms with Gasteiger partial charge in [0, 0.05) is 32.4 Å². The molecule has 3 rings (SSSR count). The van der Waals surface area contributed by atoms with Crippen LogP contribution in [-0.2, 0) is 16.2 Å². The minimum absolute atomic E-state index is 0.0239. The Bertz CT molecular complexity index is 983. The number of nitrogens with zero attached hydrogens (tertiary/aromatic N) is 4. The summed E-state index contributed by atoms with van der Waals surface area (Å²) in [4.78, 5) is 17.5. The third-order valence-corrected chi connectivity index (χ3v) is 6.86. The number of sulfonamides is 1. The van der Waals surface area contributed by atoms with Crippen molar-refractivity contribution in [3.8, 4) is 0 Å². The van der Waals surface area contributed by atoms with Gasteiger partial charge in [-0.05, 0) is 32.4 Å². The highest BCUT2D eigenvalue weighted by molar-refractivity contribution is 7.89. The molecule has 1 aliphatic heterocycles. The van der Waals surface area contributed by atoms with E-state index in [1.165, 1.54) is 9.21 Å². The van der Waals surface area contributed by atoms with Crippen LogP contribution in [0, 0.1) is 13.8 Å². The number of aryl methyl sites for hydroxylation is 2. The van der Waals surface area contributed by atoms with Crippen LogP contribution in [0.1, 0.15) is 33.9 Å². The van der Waals surface area contributed by atoms with Gasteiger partial charge in [-0.25, -0.2) is 8.42 Å². The Morgan fingerprint density at radius 2 is 1.86 bits per heavy atom. The minimum Gasteiger partial charge on any atom is -0.337 e.